The minimum absolute atomic E-state index is 0.313. The van der Waals surface area contributed by atoms with Gasteiger partial charge in [0.05, 0.1) is 5.69 Å². The van der Waals surface area contributed by atoms with Crippen LogP contribution in [0, 0.1) is 0 Å². The first kappa shape index (κ1) is 13.8. The second-order valence-electron chi connectivity index (χ2n) is 4.74. The summed E-state index contributed by atoms with van der Waals surface area (Å²) >= 11 is 4.45. The normalized spacial score (nSPS) is 21.7. The topological polar surface area (TPSA) is 39.6 Å². The van der Waals surface area contributed by atoms with Crippen molar-refractivity contribution in [3.8, 4) is 0 Å². The molecule has 2 rings (SSSR count). The predicted molar refractivity (Wildman–Crippen MR) is 75.7 cm³/mol. The fourth-order valence-electron chi connectivity index (χ4n) is 2.23. The quantitative estimate of drug-likeness (QED) is 0.799. The Morgan fingerprint density at radius 2 is 2.06 bits per heavy atom. The summed E-state index contributed by atoms with van der Waals surface area (Å²) < 4.78 is 0. The lowest BCUT2D eigenvalue weighted by Crippen LogP contribution is -2.49. The third-order valence-corrected chi connectivity index (χ3v) is 3.72. The smallest absolute Gasteiger partial charge is 0.109 e. The monoisotopic (exact) mass is 267 g/mol. The van der Waals surface area contributed by atoms with E-state index in [1.165, 1.54) is 0 Å². The van der Waals surface area contributed by atoms with Crippen LogP contribution in [0.15, 0.2) is 24.4 Å². The third kappa shape index (κ3) is 3.68. The van der Waals surface area contributed by atoms with Gasteiger partial charge in [-0.3, -0.25) is 14.8 Å². The second-order valence-corrected chi connectivity index (χ2v) is 5.49. The van der Waals surface area contributed by atoms with Gasteiger partial charge in [0.25, 0.3) is 0 Å². The van der Waals surface area contributed by atoms with Gasteiger partial charge >= 0.3 is 0 Å². The largest absolute Gasteiger partial charge is 0.385 e. The molecule has 2 atom stereocenters. The Balaban J connectivity index is 1.81. The number of piperazine rings is 1. The average Bonchev–Trinajstić information content (AvgIpc) is 2.40. The molecule has 0 bridgehead atoms. The molecule has 0 radical (unpaired) electrons. The molecule has 1 N–H and O–H groups in total. The molecule has 4 nitrogen and oxygen atoms in total. The minimum Gasteiger partial charge on any atom is -0.385 e. The van der Waals surface area contributed by atoms with Crippen LogP contribution < -0.4 is 0 Å². The Morgan fingerprint density at radius 3 is 2.61 bits per heavy atom. The zero-order valence-electron chi connectivity index (χ0n) is 10.7. The summed E-state index contributed by atoms with van der Waals surface area (Å²) in [4.78, 5) is 8.81. The Labute approximate surface area is 114 Å². The van der Waals surface area contributed by atoms with E-state index < -0.39 is 6.10 Å². The van der Waals surface area contributed by atoms with Crippen LogP contribution in [0.1, 0.15) is 18.7 Å². The standard InChI is InChI=1S/C13H21N3OS/c1-11(18)16-8-6-15(7-9-16)10-13(17)12-4-2-3-5-14-12/h2-5,11,13,17-18H,6-10H2,1H3. The van der Waals surface area contributed by atoms with Crippen LogP contribution in [0.25, 0.3) is 0 Å². The molecule has 1 aromatic rings. The molecule has 1 aliphatic rings. The summed E-state index contributed by atoms with van der Waals surface area (Å²) in [5.74, 6) is 0. The highest BCUT2D eigenvalue weighted by Crippen LogP contribution is 2.14. The molecule has 1 saturated heterocycles. The highest BCUT2D eigenvalue weighted by molar-refractivity contribution is 7.80. The van der Waals surface area contributed by atoms with Crippen LogP contribution in [0.3, 0.4) is 0 Å². The summed E-state index contributed by atoms with van der Waals surface area (Å²) in [5, 5.41) is 10.4. The lowest BCUT2D eigenvalue weighted by Gasteiger charge is -2.37. The highest BCUT2D eigenvalue weighted by atomic mass is 32.1. The van der Waals surface area contributed by atoms with Gasteiger partial charge in [0.15, 0.2) is 0 Å². The van der Waals surface area contributed by atoms with Crippen molar-refractivity contribution in [2.24, 2.45) is 0 Å². The fraction of sp³-hybridized carbons (Fsp3) is 0.615. The molecule has 0 spiro atoms. The molecular formula is C13H21N3OS. The number of thiol groups is 1. The Morgan fingerprint density at radius 1 is 1.33 bits per heavy atom. The van der Waals surface area contributed by atoms with Gasteiger partial charge in [-0.25, -0.2) is 0 Å². The molecule has 18 heavy (non-hydrogen) atoms. The van der Waals surface area contributed by atoms with Crippen molar-refractivity contribution in [1.29, 1.82) is 0 Å². The first-order chi connectivity index (χ1) is 8.66. The van der Waals surface area contributed by atoms with Crippen LogP contribution in [0.4, 0.5) is 0 Å². The van der Waals surface area contributed by atoms with Crippen molar-refractivity contribution in [1.82, 2.24) is 14.8 Å². The number of hydrogen-bond donors (Lipinski definition) is 2. The average molecular weight is 267 g/mol. The molecular weight excluding hydrogens is 246 g/mol. The summed E-state index contributed by atoms with van der Waals surface area (Å²) in [6, 6.07) is 5.64. The Bertz CT molecular complexity index is 353. The van der Waals surface area contributed by atoms with Crippen LogP contribution >= 0.6 is 12.6 Å². The van der Waals surface area contributed by atoms with E-state index in [0.29, 0.717) is 11.9 Å². The molecule has 0 amide bonds. The molecule has 1 aromatic heterocycles. The predicted octanol–water partition coefficient (Wildman–Crippen LogP) is 1.01. The van der Waals surface area contributed by atoms with E-state index in [-0.39, 0.29) is 0 Å². The molecule has 1 fully saturated rings. The lowest BCUT2D eigenvalue weighted by molar-refractivity contribution is 0.0691. The maximum absolute atomic E-state index is 10.1. The number of aliphatic hydroxyl groups is 1. The Hall–Kier alpha value is -0.620. The minimum atomic E-state index is -0.494. The van der Waals surface area contributed by atoms with Gasteiger partial charge in [0.2, 0.25) is 0 Å². The van der Waals surface area contributed by atoms with Gasteiger partial charge in [0, 0.05) is 44.3 Å². The number of β-amino-alcohol motifs (C(OH)–C–C–N with tert-alkyl or cyclic N) is 1. The summed E-state index contributed by atoms with van der Waals surface area (Å²) in [5.41, 5.74) is 0.752. The molecule has 5 heteroatoms. The van der Waals surface area contributed by atoms with Crippen LogP contribution in [-0.4, -0.2) is 58.0 Å². The first-order valence-corrected chi connectivity index (χ1v) is 6.92. The van der Waals surface area contributed by atoms with Gasteiger partial charge in [-0.05, 0) is 19.1 Å². The van der Waals surface area contributed by atoms with Crippen molar-refractivity contribution in [3.63, 3.8) is 0 Å². The molecule has 100 valence electrons. The van der Waals surface area contributed by atoms with Crippen molar-refractivity contribution in [2.45, 2.75) is 18.4 Å². The lowest BCUT2D eigenvalue weighted by atomic mass is 10.2. The molecule has 0 saturated carbocycles. The SMILES string of the molecule is CC(S)N1CCN(CC(O)c2ccccn2)CC1. The van der Waals surface area contributed by atoms with Crippen LogP contribution in [-0.2, 0) is 0 Å². The summed E-state index contributed by atoms with van der Waals surface area (Å²) in [6.07, 6.45) is 1.23. The maximum atomic E-state index is 10.1. The number of nitrogens with zero attached hydrogens (tertiary/aromatic N) is 3. The van der Waals surface area contributed by atoms with Gasteiger partial charge in [-0.15, -0.1) is 0 Å². The highest BCUT2D eigenvalue weighted by Gasteiger charge is 2.21. The van der Waals surface area contributed by atoms with Gasteiger partial charge in [-0.1, -0.05) is 6.07 Å². The zero-order chi connectivity index (χ0) is 13.0. The summed E-state index contributed by atoms with van der Waals surface area (Å²) in [6.45, 7) is 6.75. The van der Waals surface area contributed by atoms with E-state index in [0.717, 1.165) is 31.9 Å². The first-order valence-electron chi connectivity index (χ1n) is 6.40. The Kier molecular flexibility index (Phi) is 5.00. The van der Waals surface area contributed by atoms with Crippen LogP contribution in [0.5, 0.6) is 0 Å². The number of aliphatic hydroxyl groups excluding tert-OH is 1. The zero-order valence-corrected chi connectivity index (χ0v) is 11.6. The maximum Gasteiger partial charge on any atom is 0.109 e. The van der Waals surface area contributed by atoms with Crippen molar-refractivity contribution >= 4 is 12.6 Å². The molecule has 0 aliphatic carbocycles. The molecule has 2 unspecified atom stereocenters. The van der Waals surface area contributed by atoms with Gasteiger partial charge in [-0.2, -0.15) is 12.6 Å². The van der Waals surface area contributed by atoms with Crippen molar-refractivity contribution in [2.75, 3.05) is 32.7 Å². The number of pyridine rings is 1. The number of rotatable bonds is 4. The van der Waals surface area contributed by atoms with Crippen LogP contribution in [0.2, 0.25) is 0 Å². The van der Waals surface area contributed by atoms with Crippen molar-refractivity contribution in [3.05, 3.63) is 30.1 Å². The molecule has 2 heterocycles. The van der Waals surface area contributed by atoms with E-state index >= 15 is 0 Å². The molecule has 1 aliphatic heterocycles. The van der Waals surface area contributed by atoms with Gasteiger partial charge in [0.1, 0.15) is 6.10 Å². The number of aromatic nitrogens is 1. The van der Waals surface area contributed by atoms with Crippen molar-refractivity contribution < 1.29 is 5.11 Å². The number of hydrogen-bond acceptors (Lipinski definition) is 5. The van der Waals surface area contributed by atoms with E-state index in [9.17, 15) is 5.11 Å². The molecule has 0 aromatic carbocycles. The van der Waals surface area contributed by atoms with E-state index in [1.54, 1.807) is 6.20 Å². The summed E-state index contributed by atoms with van der Waals surface area (Å²) in [7, 11) is 0. The van der Waals surface area contributed by atoms with E-state index in [2.05, 4.69) is 34.3 Å². The van der Waals surface area contributed by atoms with E-state index in [4.69, 9.17) is 0 Å². The fourth-order valence-corrected chi connectivity index (χ4v) is 2.46. The third-order valence-electron chi connectivity index (χ3n) is 3.40. The van der Waals surface area contributed by atoms with Gasteiger partial charge < -0.3 is 5.11 Å². The van der Waals surface area contributed by atoms with E-state index in [1.807, 2.05) is 18.2 Å². The second kappa shape index (κ2) is 6.52.